The first kappa shape index (κ1) is 21.6. The summed E-state index contributed by atoms with van der Waals surface area (Å²) in [5.41, 5.74) is 1.53. The fraction of sp³-hybridized carbons (Fsp3) is 0.125. The van der Waals surface area contributed by atoms with Crippen LogP contribution in [0, 0.1) is 0 Å². The van der Waals surface area contributed by atoms with Crippen molar-refractivity contribution in [3.8, 4) is 11.5 Å². The number of aliphatic hydroxyl groups excluding tert-OH is 1. The molecule has 2 heterocycles. The second-order valence-electron chi connectivity index (χ2n) is 7.23. The summed E-state index contributed by atoms with van der Waals surface area (Å²) in [6.45, 7) is 0.113. The molecule has 0 saturated carbocycles. The summed E-state index contributed by atoms with van der Waals surface area (Å²) in [6.07, 6.45) is 3.23. The number of ether oxygens (including phenoxy) is 1. The molecule has 2 N–H and O–H groups in total. The summed E-state index contributed by atoms with van der Waals surface area (Å²) in [5, 5.41) is 21.1. The molecule has 1 fully saturated rings. The number of nitrogens with zero attached hydrogens (tertiary/aromatic N) is 2. The molecule has 1 atom stereocenters. The molecule has 0 aliphatic carbocycles. The van der Waals surface area contributed by atoms with Gasteiger partial charge in [0.2, 0.25) is 0 Å². The number of aromatic nitrogens is 1. The molecule has 1 aromatic heterocycles. The van der Waals surface area contributed by atoms with Gasteiger partial charge in [-0.05, 0) is 63.5 Å². The van der Waals surface area contributed by atoms with Crippen LogP contribution in [-0.4, -0.2) is 38.9 Å². The number of phenols is 1. The number of aromatic hydroxyl groups is 1. The van der Waals surface area contributed by atoms with Gasteiger partial charge >= 0.3 is 0 Å². The molecular weight excluding hydrogens is 476 g/mol. The van der Waals surface area contributed by atoms with Gasteiger partial charge in [-0.3, -0.25) is 14.6 Å². The molecule has 8 heteroatoms. The number of phenolic OH excluding ortho intramolecular Hbond substituents is 1. The normalized spacial score (nSPS) is 17.6. The molecule has 0 bridgehead atoms. The lowest BCUT2D eigenvalue weighted by Gasteiger charge is -2.25. The van der Waals surface area contributed by atoms with Gasteiger partial charge in [-0.15, -0.1) is 0 Å². The quantitative estimate of drug-likeness (QED) is 0.313. The van der Waals surface area contributed by atoms with Crippen LogP contribution in [0.5, 0.6) is 11.5 Å². The maximum Gasteiger partial charge on any atom is 0.295 e. The van der Waals surface area contributed by atoms with Gasteiger partial charge in [0, 0.05) is 24.5 Å². The van der Waals surface area contributed by atoms with Crippen molar-refractivity contribution in [3.63, 3.8) is 0 Å². The fourth-order valence-electron chi connectivity index (χ4n) is 3.74. The third kappa shape index (κ3) is 3.97. The number of aliphatic hydroxyl groups is 1. The third-order valence-electron chi connectivity index (χ3n) is 5.23. The van der Waals surface area contributed by atoms with Gasteiger partial charge in [-0.2, -0.15) is 0 Å². The van der Waals surface area contributed by atoms with E-state index in [2.05, 4.69) is 20.9 Å². The number of benzene rings is 2. The maximum absolute atomic E-state index is 13.1. The van der Waals surface area contributed by atoms with Crippen LogP contribution in [0.4, 0.5) is 0 Å². The zero-order valence-corrected chi connectivity index (χ0v) is 18.6. The minimum Gasteiger partial charge on any atom is -0.508 e. The van der Waals surface area contributed by atoms with E-state index in [1.807, 2.05) is 0 Å². The van der Waals surface area contributed by atoms with E-state index in [9.17, 15) is 19.8 Å². The largest absolute Gasteiger partial charge is 0.508 e. The standard InChI is InChI=1S/C24H19BrN2O5/c1-32-19-8-7-16(11-18(19)25)22(29)20-21(15-5-2-6-17(28)10-15)27(24(31)23(20)30)13-14-4-3-9-26-12-14/h2-12,21,28-29H,13H2,1H3/b22-20-. The van der Waals surface area contributed by atoms with Gasteiger partial charge < -0.3 is 19.8 Å². The van der Waals surface area contributed by atoms with E-state index in [-0.39, 0.29) is 23.6 Å². The number of halogens is 1. The highest BCUT2D eigenvalue weighted by Gasteiger charge is 2.46. The van der Waals surface area contributed by atoms with Crippen LogP contribution in [0.25, 0.3) is 5.76 Å². The van der Waals surface area contributed by atoms with E-state index < -0.39 is 17.7 Å². The highest BCUT2D eigenvalue weighted by atomic mass is 79.9. The Labute approximate surface area is 192 Å². The summed E-state index contributed by atoms with van der Waals surface area (Å²) >= 11 is 3.38. The number of hydrogen-bond acceptors (Lipinski definition) is 6. The van der Waals surface area contributed by atoms with Gasteiger partial charge in [-0.1, -0.05) is 18.2 Å². The predicted octanol–water partition coefficient (Wildman–Crippen LogP) is 4.18. The van der Waals surface area contributed by atoms with Gasteiger partial charge in [0.05, 0.1) is 23.2 Å². The van der Waals surface area contributed by atoms with Crippen molar-refractivity contribution in [2.45, 2.75) is 12.6 Å². The van der Waals surface area contributed by atoms with Crippen LogP contribution in [0.1, 0.15) is 22.7 Å². The average Bonchev–Trinajstić information content (AvgIpc) is 3.04. The molecule has 2 aromatic carbocycles. The Morgan fingerprint density at radius 3 is 2.62 bits per heavy atom. The first-order valence-corrected chi connectivity index (χ1v) is 10.5. The van der Waals surface area contributed by atoms with Crippen molar-refractivity contribution in [1.29, 1.82) is 0 Å². The van der Waals surface area contributed by atoms with E-state index in [4.69, 9.17) is 4.74 Å². The number of rotatable bonds is 5. The Kier molecular flexibility index (Phi) is 5.96. The number of pyridine rings is 1. The number of amides is 1. The van der Waals surface area contributed by atoms with Gasteiger partial charge in [0.15, 0.2) is 0 Å². The van der Waals surface area contributed by atoms with Crippen molar-refractivity contribution < 1.29 is 24.5 Å². The van der Waals surface area contributed by atoms with Gasteiger partial charge in [0.25, 0.3) is 11.7 Å². The zero-order chi connectivity index (χ0) is 22.8. The molecule has 162 valence electrons. The monoisotopic (exact) mass is 494 g/mol. The molecule has 1 saturated heterocycles. The molecule has 7 nitrogen and oxygen atoms in total. The number of likely N-dealkylation sites (tertiary alicyclic amines) is 1. The highest BCUT2D eigenvalue weighted by Crippen LogP contribution is 2.41. The Morgan fingerprint density at radius 2 is 1.97 bits per heavy atom. The molecule has 32 heavy (non-hydrogen) atoms. The Hall–Kier alpha value is -3.65. The number of hydrogen-bond donors (Lipinski definition) is 2. The minimum atomic E-state index is -0.886. The van der Waals surface area contributed by atoms with E-state index in [1.165, 1.54) is 24.1 Å². The van der Waals surface area contributed by atoms with Crippen molar-refractivity contribution in [1.82, 2.24) is 9.88 Å². The first-order valence-electron chi connectivity index (χ1n) is 9.71. The zero-order valence-electron chi connectivity index (χ0n) is 17.0. The smallest absolute Gasteiger partial charge is 0.295 e. The SMILES string of the molecule is COc1ccc(/C(O)=C2/C(=O)C(=O)N(Cc3cccnc3)C2c2cccc(O)c2)cc1Br. The minimum absolute atomic E-state index is 0.0124. The predicted molar refractivity (Wildman–Crippen MR) is 121 cm³/mol. The van der Waals surface area contributed by atoms with Crippen LogP contribution >= 0.6 is 15.9 Å². The molecule has 1 amide bonds. The summed E-state index contributed by atoms with van der Waals surface area (Å²) in [6, 6.07) is 13.8. The highest BCUT2D eigenvalue weighted by molar-refractivity contribution is 9.10. The van der Waals surface area contributed by atoms with Crippen molar-refractivity contribution in [3.05, 3.63) is 93.7 Å². The fourth-order valence-corrected chi connectivity index (χ4v) is 4.28. The molecule has 0 spiro atoms. The van der Waals surface area contributed by atoms with Gasteiger partial charge in [0.1, 0.15) is 17.3 Å². The summed E-state index contributed by atoms with van der Waals surface area (Å²) in [4.78, 5) is 31.5. The van der Waals surface area contributed by atoms with Crippen molar-refractivity contribution >= 4 is 33.4 Å². The Balaban J connectivity index is 1.87. The molecule has 4 rings (SSSR count). The maximum atomic E-state index is 13.1. The van der Waals surface area contributed by atoms with Gasteiger partial charge in [-0.25, -0.2) is 0 Å². The number of carbonyl (C=O) groups is 2. The summed E-state index contributed by atoms with van der Waals surface area (Å²) in [5.74, 6) is -1.30. The third-order valence-corrected chi connectivity index (χ3v) is 5.85. The summed E-state index contributed by atoms with van der Waals surface area (Å²) < 4.78 is 5.81. The second-order valence-corrected chi connectivity index (χ2v) is 8.09. The second kappa shape index (κ2) is 8.84. The lowest BCUT2D eigenvalue weighted by molar-refractivity contribution is -0.140. The lowest BCUT2D eigenvalue weighted by Crippen LogP contribution is -2.29. The van der Waals surface area contributed by atoms with E-state index in [1.54, 1.807) is 54.9 Å². The summed E-state index contributed by atoms with van der Waals surface area (Å²) in [7, 11) is 1.52. The number of carbonyl (C=O) groups excluding carboxylic acids is 2. The van der Waals surface area contributed by atoms with Crippen molar-refractivity contribution in [2.75, 3.05) is 7.11 Å². The molecule has 3 aromatic rings. The average molecular weight is 495 g/mol. The first-order chi connectivity index (χ1) is 15.4. The molecule has 0 radical (unpaired) electrons. The Morgan fingerprint density at radius 1 is 1.16 bits per heavy atom. The lowest BCUT2D eigenvalue weighted by atomic mass is 9.95. The molecular formula is C24H19BrN2O5. The molecule has 1 aliphatic rings. The Bertz CT molecular complexity index is 1230. The van der Waals surface area contributed by atoms with Crippen LogP contribution in [0.3, 0.4) is 0 Å². The molecule has 1 aliphatic heterocycles. The number of Topliss-reactive ketones (excluding diaryl/α,β-unsaturated/α-hetero) is 1. The topological polar surface area (TPSA) is 100.0 Å². The number of methoxy groups -OCH3 is 1. The van der Waals surface area contributed by atoms with Crippen LogP contribution < -0.4 is 4.74 Å². The van der Waals surface area contributed by atoms with Crippen molar-refractivity contribution in [2.24, 2.45) is 0 Å². The van der Waals surface area contributed by atoms with E-state index in [0.717, 1.165) is 5.56 Å². The van der Waals surface area contributed by atoms with E-state index >= 15 is 0 Å². The van der Waals surface area contributed by atoms with Crippen LogP contribution in [0.15, 0.2) is 77.0 Å². The molecule has 1 unspecified atom stereocenters. The number of ketones is 1. The van der Waals surface area contributed by atoms with Crippen LogP contribution in [0.2, 0.25) is 0 Å². The van der Waals surface area contributed by atoms with E-state index in [0.29, 0.717) is 21.3 Å². The van der Waals surface area contributed by atoms with Crippen LogP contribution in [-0.2, 0) is 16.1 Å².